The SMILES string of the molecule is c1ccc(-c2nc(-c3ccc4c(c3)sc3c(-c5ccccc5)cccc34)nc(-c3cccc4oc5c(-n6c7ccccc7c7ccccc76)cccc5c34)n2)cc1. The van der Waals surface area contributed by atoms with Gasteiger partial charge in [0.05, 0.1) is 16.7 Å². The maximum Gasteiger partial charge on any atom is 0.164 e. The maximum atomic E-state index is 6.83. The third kappa shape index (κ3) is 4.98. The summed E-state index contributed by atoms with van der Waals surface area (Å²) >= 11 is 1.81. The van der Waals surface area contributed by atoms with Crippen LogP contribution in [0.3, 0.4) is 0 Å². The average molecular weight is 747 g/mol. The van der Waals surface area contributed by atoms with E-state index in [0.717, 1.165) is 55.3 Å². The Morgan fingerprint density at radius 1 is 0.421 bits per heavy atom. The fourth-order valence-corrected chi connectivity index (χ4v) is 9.78. The number of hydrogen-bond donors (Lipinski definition) is 0. The lowest BCUT2D eigenvalue weighted by Gasteiger charge is -2.10. The molecule has 5 nitrogen and oxygen atoms in total. The molecule has 6 heteroatoms. The molecule has 0 radical (unpaired) electrons. The predicted molar refractivity (Wildman–Crippen MR) is 236 cm³/mol. The van der Waals surface area contributed by atoms with E-state index in [9.17, 15) is 0 Å². The van der Waals surface area contributed by atoms with Gasteiger partial charge in [0.15, 0.2) is 23.1 Å². The van der Waals surface area contributed by atoms with Gasteiger partial charge in [0.2, 0.25) is 0 Å². The summed E-state index contributed by atoms with van der Waals surface area (Å²) in [4.78, 5) is 15.5. The summed E-state index contributed by atoms with van der Waals surface area (Å²) in [5.41, 5.74) is 10.1. The first kappa shape index (κ1) is 31.9. The summed E-state index contributed by atoms with van der Waals surface area (Å²) in [5, 5.41) is 6.87. The van der Waals surface area contributed by atoms with Crippen molar-refractivity contribution in [1.82, 2.24) is 19.5 Å². The largest absolute Gasteiger partial charge is 0.454 e. The molecule has 0 aliphatic rings. The van der Waals surface area contributed by atoms with Crippen molar-refractivity contribution in [1.29, 1.82) is 0 Å². The second-order valence-electron chi connectivity index (χ2n) is 14.3. The van der Waals surface area contributed by atoms with E-state index in [-0.39, 0.29) is 0 Å². The summed E-state index contributed by atoms with van der Waals surface area (Å²) in [6, 6.07) is 63.6. The Kier molecular flexibility index (Phi) is 7.03. The molecule has 0 amide bonds. The number of aromatic nitrogens is 4. The molecule has 4 aromatic heterocycles. The number of hydrogen-bond acceptors (Lipinski definition) is 5. The molecule has 0 spiro atoms. The van der Waals surface area contributed by atoms with Gasteiger partial charge in [0, 0.05) is 58.4 Å². The van der Waals surface area contributed by atoms with Gasteiger partial charge in [-0.15, -0.1) is 11.3 Å². The van der Waals surface area contributed by atoms with Gasteiger partial charge < -0.3 is 8.98 Å². The third-order valence-corrected chi connectivity index (χ3v) is 12.3. The smallest absolute Gasteiger partial charge is 0.164 e. The van der Waals surface area contributed by atoms with Gasteiger partial charge in [-0.25, -0.2) is 15.0 Å². The lowest BCUT2D eigenvalue weighted by atomic mass is 10.0. The lowest BCUT2D eigenvalue weighted by Crippen LogP contribution is -2.00. The summed E-state index contributed by atoms with van der Waals surface area (Å²) in [5.74, 6) is 1.84. The zero-order valence-corrected chi connectivity index (χ0v) is 31.2. The third-order valence-electron chi connectivity index (χ3n) is 11.1. The Morgan fingerprint density at radius 2 is 1.02 bits per heavy atom. The molecule has 0 bridgehead atoms. The van der Waals surface area contributed by atoms with E-state index >= 15 is 0 Å². The predicted octanol–water partition coefficient (Wildman–Crippen LogP) is 13.9. The zero-order chi connectivity index (χ0) is 37.5. The van der Waals surface area contributed by atoms with Crippen LogP contribution in [0.2, 0.25) is 0 Å². The summed E-state index contributed by atoms with van der Waals surface area (Å²) in [7, 11) is 0. The number of rotatable bonds is 5. The summed E-state index contributed by atoms with van der Waals surface area (Å²) < 4.78 is 11.6. The van der Waals surface area contributed by atoms with Gasteiger partial charge in [0.25, 0.3) is 0 Å². The Hall–Kier alpha value is -7.41. The van der Waals surface area contributed by atoms with Crippen LogP contribution >= 0.6 is 11.3 Å². The van der Waals surface area contributed by atoms with Crippen LogP contribution in [0, 0.1) is 0 Å². The monoisotopic (exact) mass is 746 g/mol. The van der Waals surface area contributed by atoms with Gasteiger partial charge in [-0.05, 0) is 41.5 Å². The van der Waals surface area contributed by atoms with Crippen molar-refractivity contribution in [2.24, 2.45) is 0 Å². The Bertz CT molecular complexity index is 3470. The topological polar surface area (TPSA) is 56.7 Å². The minimum absolute atomic E-state index is 0.595. The van der Waals surface area contributed by atoms with Gasteiger partial charge in [0.1, 0.15) is 5.58 Å². The number of thiophene rings is 1. The van der Waals surface area contributed by atoms with E-state index in [1.54, 1.807) is 0 Å². The van der Waals surface area contributed by atoms with E-state index in [2.05, 4.69) is 156 Å². The highest BCUT2D eigenvalue weighted by molar-refractivity contribution is 7.26. The van der Waals surface area contributed by atoms with Crippen molar-refractivity contribution in [3.8, 4) is 51.0 Å². The Labute approximate surface area is 330 Å². The molecule has 0 N–H and O–H groups in total. The minimum Gasteiger partial charge on any atom is -0.454 e. The van der Waals surface area contributed by atoms with Crippen LogP contribution in [0.5, 0.6) is 0 Å². The Morgan fingerprint density at radius 3 is 1.79 bits per heavy atom. The molecule has 0 aliphatic carbocycles. The number of fused-ring (bicyclic) bond motifs is 9. The number of nitrogens with zero attached hydrogens (tertiary/aromatic N) is 4. The van der Waals surface area contributed by atoms with E-state index in [1.165, 1.54) is 42.1 Å². The molecule has 57 heavy (non-hydrogen) atoms. The first-order valence-corrected chi connectivity index (χ1v) is 19.8. The van der Waals surface area contributed by atoms with Crippen molar-refractivity contribution in [2.45, 2.75) is 0 Å². The van der Waals surface area contributed by atoms with Crippen LogP contribution in [0.25, 0.3) is 115 Å². The number of para-hydroxylation sites is 3. The van der Waals surface area contributed by atoms with Gasteiger partial charge in [-0.2, -0.15) is 0 Å². The molecule has 0 unspecified atom stereocenters. The van der Waals surface area contributed by atoms with Crippen LogP contribution < -0.4 is 0 Å². The van der Waals surface area contributed by atoms with Crippen LogP contribution in [-0.2, 0) is 0 Å². The van der Waals surface area contributed by atoms with Crippen LogP contribution in [0.4, 0.5) is 0 Å². The van der Waals surface area contributed by atoms with Crippen LogP contribution in [-0.4, -0.2) is 19.5 Å². The molecule has 12 rings (SSSR count). The zero-order valence-electron chi connectivity index (χ0n) is 30.4. The fraction of sp³-hybridized carbons (Fsp3) is 0. The second kappa shape index (κ2) is 12.6. The summed E-state index contributed by atoms with van der Waals surface area (Å²) in [6.07, 6.45) is 0. The maximum absolute atomic E-state index is 6.83. The van der Waals surface area contributed by atoms with Crippen molar-refractivity contribution >= 4 is 75.3 Å². The van der Waals surface area contributed by atoms with Gasteiger partial charge in [-0.3, -0.25) is 0 Å². The molecule has 0 atom stereocenters. The highest BCUT2D eigenvalue weighted by Crippen LogP contribution is 2.43. The fourth-order valence-electron chi connectivity index (χ4n) is 8.50. The molecule has 0 aliphatic heterocycles. The van der Waals surface area contributed by atoms with E-state index in [1.807, 2.05) is 41.7 Å². The highest BCUT2D eigenvalue weighted by Gasteiger charge is 2.22. The molecule has 266 valence electrons. The Balaban J connectivity index is 1.06. The standard InChI is InChI=1S/C51H30N4OS/c1-3-14-31(15-4-1)34-20-11-21-38-37-29-28-33(30-45(37)57-48(34)38)50-52-49(32-16-5-2-6-17-32)53-51(54-50)40-23-13-27-44-46(40)39-22-12-26-43(47(39)56-44)55-41-24-9-7-18-35(41)36-19-8-10-25-42(36)55/h1-30H. The second-order valence-corrected chi connectivity index (χ2v) is 15.4. The van der Waals surface area contributed by atoms with Gasteiger partial charge in [-0.1, -0.05) is 152 Å². The van der Waals surface area contributed by atoms with Crippen molar-refractivity contribution in [3.63, 3.8) is 0 Å². The highest BCUT2D eigenvalue weighted by atomic mass is 32.1. The number of furan rings is 1. The molecular formula is C51H30N4OS. The molecule has 0 saturated carbocycles. The average Bonchev–Trinajstić information content (AvgIpc) is 3.96. The first-order valence-electron chi connectivity index (χ1n) is 19.0. The molecule has 0 fully saturated rings. The van der Waals surface area contributed by atoms with Crippen molar-refractivity contribution < 1.29 is 4.42 Å². The van der Waals surface area contributed by atoms with Crippen LogP contribution in [0.1, 0.15) is 0 Å². The molecule has 12 aromatic rings. The molecule has 0 saturated heterocycles. The quantitative estimate of drug-likeness (QED) is 0.176. The summed E-state index contributed by atoms with van der Waals surface area (Å²) in [6.45, 7) is 0. The molecule has 8 aromatic carbocycles. The van der Waals surface area contributed by atoms with E-state index in [0.29, 0.717) is 17.5 Å². The molecule has 4 heterocycles. The minimum atomic E-state index is 0.595. The van der Waals surface area contributed by atoms with Crippen molar-refractivity contribution in [2.75, 3.05) is 0 Å². The lowest BCUT2D eigenvalue weighted by molar-refractivity contribution is 0.666. The first-order chi connectivity index (χ1) is 28.3. The van der Waals surface area contributed by atoms with E-state index < -0.39 is 0 Å². The normalized spacial score (nSPS) is 11.9. The molecular weight excluding hydrogens is 717 g/mol. The van der Waals surface area contributed by atoms with Crippen LogP contribution in [0.15, 0.2) is 186 Å². The van der Waals surface area contributed by atoms with Crippen molar-refractivity contribution in [3.05, 3.63) is 182 Å². The number of benzene rings is 8. The van der Waals surface area contributed by atoms with Gasteiger partial charge >= 0.3 is 0 Å². The van der Waals surface area contributed by atoms with E-state index in [4.69, 9.17) is 19.4 Å².